The number of benzene rings is 2. The molecule has 2 heterocycles. The fraction of sp³-hybridized carbons (Fsp3) is 0.423. The molecule has 0 radical (unpaired) electrons. The lowest BCUT2D eigenvalue weighted by atomic mass is 10.1. The van der Waals surface area contributed by atoms with Gasteiger partial charge in [-0.15, -0.1) is 0 Å². The van der Waals surface area contributed by atoms with Crippen LogP contribution < -0.4 is 0 Å². The fourth-order valence-corrected chi connectivity index (χ4v) is 4.56. The van der Waals surface area contributed by atoms with Crippen LogP contribution in [-0.2, 0) is 22.5 Å². The SMILES string of the molecule is CC1=C(C)C(OC2CCN(Cc3ccccc3)CC2)N(CCc2ccc(Cl)cc2)C1=O. The first-order valence-electron chi connectivity index (χ1n) is 11.2. The van der Waals surface area contributed by atoms with Crippen molar-refractivity contribution in [2.24, 2.45) is 0 Å². The van der Waals surface area contributed by atoms with Gasteiger partial charge in [-0.25, -0.2) is 0 Å². The first-order chi connectivity index (χ1) is 15.0. The van der Waals surface area contributed by atoms with Gasteiger partial charge in [0, 0.05) is 36.8 Å². The van der Waals surface area contributed by atoms with Gasteiger partial charge in [-0.3, -0.25) is 9.69 Å². The predicted molar refractivity (Wildman–Crippen MR) is 125 cm³/mol. The van der Waals surface area contributed by atoms with E-state index in [-0.39, 0.29) is 18.2 Å². The van der Waals surface area contributed by atoms with Gasteiger partial charge in [-0.2, -0.15) is 0 Å². The Bertz CT molecular complexity index is 918. The van der Waals surface area contributed by atoms with Crippen LogP contribution in [-0.4, -0.2) is 47.7 Å². The van der Waals surface area contributed by atoms with E-state index in [0.717, 1.165) is 55.1 Å². The number of halogens is 1. The van der Waals surface area contributed by atoms with E-state index in [0.29, 0.717) is 6.54 Å². The zero-order valence-electron chi connectivity index (χ0n) is 18.4. The first kappa shape index (κ1) is 22.1. The first-order valence-corrected chi connectivity index (χ1v) is 11.5. The summed E-state index contributed by atoms with van der Waals surface area (Å²) in [5.41, 5.74) is 4.40. The molecular weight excluding hydrogens is 408 g/mol. The molecular formula is C26H31ClN2O2. The van der Waals surface area contributed by atoms with Crippen molar-refractivity contribution in [3.8, 4) is 0 Å². The van der Waals surface area contributed by atoms with Crippen LogP contribution in [0.15, 0.2) is 65.7 Å². The molecule has 0 aliphatic carbocycles. The van der Waals surface area contributed by atoms with Crippen molar-refractivity contribution >= 4 is 17.5 Å². The molecule has 0 saturated carbocycles. The van der Waals surface area contributed by atoms with E-state index in [1.54, 1.807) is 0 Å². The fourth-order valence-electron chi connectivity index (χ4n) is 4.43. The molecule has 0 aromatic heterocycles. The highest BCUT2D eigenvalue weighted by Crippen LogP contribution is 2.30. The lowest BCUT2D eigenvalue weighted by Gasteiger charge is -2.36. The molecule has 31 heavy (non-hydrogen) atoms. The largest absolute Gasteiger partial charge is 0.351 e. The molecule has 1 atom stereocenters. The molecule has 2 aromatic rings. The predicted octanol–water partition coefficient (Wildman–Crippen LogP) is 5.07. The van der Waals surface area contributed by atoms with Crippen molar-refractivity contribution in [3.63, 3.8) is 0 Å². The summed E-state index contributed by atoms with van der Waals surface area (Å²) < 4.78 is 6.52. The lowest BCUT2D eigenvalue weighted by Crippen LogP contribution is -2.44. The number of carbonyl (C=O) groups excluding carboxylic acids is 1. The molecule has 0 N–H and O–H groups in total. The monoisotopic (exact) mass is 438 g/mol. The molecule has 2 aromatic carbocycles. The minimum atomic E-state index is -0.245. The number of amides is 1. The second kappa shape index (κ2) is 9.99. The number of piperidine rings is 1. The third kappa shape index (κ3) is 5.38. The third-order valence-corrected chi connectivity index (χ3v) is 6.74. The van der Waals surface area contributed by atoms with Gasteiger partial charge in [0.1, 0.15) is 0 Å². The topological polar surface area (TPSA) is 32.8 Å². The Morgan fingerprint density at radius 1 is 0.968 bits per heavy atom. The number of hydrogen-bond acceptors (Lipinski definition) is 3. The van der Waals surface area contributed by atoms with Crippen LogP contribution in [0.25, 0.3) is 0 Å². The van der Waals surface area contributed by atoms with Crippen molar-refractivity contribution in [1.82, 2.24) is 9.80 Å². The summed E-state index contributed by atoms with van der Waals surface area (Å²) in [7, 11) is 0. The van der Waals surface area contributed by atoms with E-state index in [4.69, 9.17) is 16.3 Å². The second-order valence-electron chi connectivity index (χ2n) is 8.63. The molecule has 1 unspecified atom stereocenters. The van der Waals surface area contributed by atoms with E-state index in [1.807, 2.05) is 43.0 Å². The zero-order chi connectivity index (χ0) is 21.8. The summed E-state index contributed by atoms with van der Waals surface area (Å²) in [6.07, 6.45) is 2.72. The van der Waals surface area contributed by atoms with Gasteiger partial charge in [0.2, 0.25) is 0 Å². The molecule has 2 aliphatic heterocycles. The summed E-state index contributed by atoms with van der Waals surface area (Å²) in [5, 5.41) is 0.731. The van der Waals surface area contributed by atoms with Gasteiger partial charge < -0.3 is 9.64 Å². The quantitative estimate of drug-likeness (QED) is 0.605. The number of nitrogens with zero attached hydrogens (tertiary/aromatic N) is 2. The van der Waals surface area contributed by atoms with Gasteiger partial charge in [0.25, 0.3) is 5.91 Å². The summed E-state index contributed by atoms with van der Waals surface area (Å²) in [6.45, 7) is 7.62. The van der Waals surface area contributed by atoms with Crippen molar-refractivity contribution in [2.45, 2.75) is 52.0 Å². The van der Waals surface area contributed by atoms with Gasteiger partial charge >= 0.3 is 0 Å². The Hall–Kier alpha value is -2.14. The zero-order valence-corrected chi connectivity index (χ0v) is 19.1. The van der Waals surface area contributed by atoms with Crippen LogP contribution in [0.2, 0.25) is 5.02 Å². The van der Waals surface area contributed by atoms with Gasteiger partial charge in [-0.1, -0.05) is 54.1 Å². The number of hydrogen-bond donors (Lipinski definition) is 0. The van der Waals surface area contributed by atoms with Crippen LogP contribution in [0.3, 0.4) is 0 Å². The second-order valence-corrected chi connectivity index (χ2v) is 9.07. The van der Waals surface area contributed by atoms with E-state index in [2.05, 4.69) is 35.2 Å². The molecule has 4 nitrogen and oxygen atoms in total. The van der Waals surface area contributed by atoms with Crippen LogP contribution in [0.5, 0.6) is 0 Å². The van der Waals surface area contributed by atoms with E-state index in [9.17, 15) is 4.79 Å². The molecule has 5 heteroatoms. The summed E-state index contributed by atoms with van der Waals surface area (Å²) in [6, 6.07) is 18.5. The average molecular weight is 439 g/mol. The molecule has 1 saturated heterocycles. The van der Waals surface area contributed by atoms with E-state index < -0.39 is 0 Å². The molecule has 164 valence electrons. The number of rotatable bonds is 7. The van der Waals surface area contributed by atoms with Crippen molar-refractivity contribution in [1.29, 1.82) is 0 Å². The average Bonchev–Trinajstić information content (AvgIpc) is 2.99. The number of likely N-dealkylation sites (tertiary alicyclic amines) is 1. The van der Waals surface area contributed by atoms with Crippen LogP contribution >= 0.6 is 11.6 Å². The van der Waals surface area contributed by atoms with Gasteiger partial charge in [-0.05, 0) is 61.9 Å². The van der Waals surface area contributed by atoms with Crippen molar-refractivity contribution in [2.75, 3.05) is 19.6 Å². The molecule has 0 spiro atoms. The van der Waals surface area contributed by atoms with E-state index in [1.165, 1.54) is 11.1 Å². The minimum Gasteiger partial charge on any atom is -0.351 e. The maximum absolute atomic E-state index is 12.9. The number of ether oxygens (including phenoxy) is 1. The Kier molecular flexibility index (Phi) is 7.11. The Labute approximate surface area is 190 Å². The summed E-state index contributed by atoms with van der Waals surface area (Å²) in [5.74, 6) is 0.0953. The standard InChI is InChI=1S/C26H31ClN2O2/c1-19-20(2)26(29(25(19)30)17-12-21-8-10-23(27)11-9-21)31-24-13-15-28(16-14-24)18-22-6-4-3-5-7-22/h3-11,24,26H,12-18H2,1-2H3. The third-order valence-electron chi connectivity index (χ3n) is 6.49. The van der Waals surface area contributed by atoms with Gasteiger partial charge in [0.05, 0.1) is 6.10 Å². The van der Waals surface area contributed by atoms with Crippen molar-refractivity contribution in [3.05, 3.63) is 81.9 Å². The maximum Gasteiger partial charge on any atom is 0.251 e. The highest BCUT2D eigenvalue weighted by Gasteiger charge is 2.37. The minimum absolute atomic E-state index is 0.0953. The molecule has 1 fully saturated rings. The molecule has 1 amide bonds. The van der Waals surface area contributed by atoms with Crippen LogP contribution in [0.1, 0.15) is 37.8 Å². The molecule has 2 aliphatic rings. The van der Waals surface area contributed by atoms with E-state index >= 15 is 0 Å². The van der Waals surface area contributed by atoms with Gasteiger partial charge in [0.15, 0.2) is 6.23 Å². The smallest absolute Gasteiger partial charge is 0.251 e. The highest BCUT2D eigenvalue weighted by molar-refractivity contribution is 6.30. The molecule has 4 rings (SSSR count). The van der Waals surface area contributed by atoms with Crippen molar-refractivity contribution < 1.29 is 9.53 Å². The Morgan fingerprint density at radius 2 is 1.65 bits per heavy atom. The lowest BCUT2D eigenvalue weighted by molar-refractivity contribution is -0.141. The highest BCUT2D eigenvalue weighted by atomic mass is 35.5. The Balaban J connectivity index is 1.33. The Morgan fingerprint density at radius 3 is 2.32 bits per heavy atom. The number of carbonyl (C=O) groups is 1. The molecule has 0 bridgehead atoms. The summed E-state index contributed by atoms with van der Waals surface area (Å²) in [4.78, 5) is 17.2. The maximum atomic E-state index is 12.9. The van der Waals surface area contributed by atoms with Crippen LogP contribution in [0, 0.1) is 0 Å². The summed E-state index contributed by atoms with van der Waals surface area (Å²) >= 11 is 5.99. The van der Waals surface area contributed by atoms with Crippen LogP contribution in [0.4, 0.5) is 0 Å². The normalized spacial score (nSPS) is 20.7.